The van der Waals surface area contributed by atoms with Crippen LogP contribution in [0, 0.1) is 0 Å². The Bertz CT molecular complexity index is 1200. The zero-order valence-electron chi connectivity index (χ0n) is 26.8. The van der Waals surface area contributed by atoms with E-state index in [4.69, 9.17) is 9.47 Å². The van der Waals surface area contributed by atoms with Crippen molar-refractivity contribution in [3.63, 3.8) is 0 Å². The van der Waals surface area contributed by atoms with Crippen molar-refractivity contribution < 1.29 is 19.1 Å². The van der Waals surface area contributed by atoms with Crippen molar-refractivity contribution in [3.8, 4) is 11.5 Å². The highest BCUT2D eigenvalue weighted by Crippen LogP contribution is 2.35. The Morgan fingerprint density at radius 3 is 1.25 bits per heavy atom. The molecule has 4 nitrogen and oxygen atoms in total. The lowest BCUT2D eigenvalue weighted by atomic mass is 9.99. The summed E-state index contributed by atoms with van der Waals surface area (Å²) in [6, 6.07) is 23.2. The highest BCUT2D eigenvalue weighted by Gasteiger charge is 2.14. The number of benzene rings is 3. The maximum absolute atomic E-state index is 12.2. The Hall–Kier alpha value is -3.92. The zero-order valence-corrected chi connectivity index (χ0v) is 26.8. The average Bonchev–Trinajstić information content (AvgIpc) is 3.07. The first-order valence-electron chi connectivity index (χ1n) is 16.6. The molecule has 3 aromatic rings. The number of aldehydes is 2. The van der Waals surface area contributed by atoms with Gasteiger partial charge in [0.25, 0.3) is 0 Å². The second-order valence-corrected chi connectivity index (χ2v) is 11.3. The summed E-state index contributed by atoms with van der Waals surface area (Å²) in [5.41, 5.74) is 4.38. The first-order chi connectivity index (χ1) is 21.7. The van der Waals surface area contributed by atoms with Crippen LogP contribution < -0.4 is 9.47 Å². The second-order valence-electron chi connectivity index (χ2n) is 11.3. The van der Waals surface area contributed by atoms with Gasteiger partial charge in [0.15, 0.2) is 12.6 Å². The van der Waals surface area contributed by atoms with Gasteiger partial charge in [0, 0.05) is 22.3 Å². The molecule has 0 aliphatic rings. The van der Waals surface area contributed by atoms with Gasteiger partial charge in [-0.25, -0.2) is 0 Å². The van der Waals surface area contributed by atoms with Crippen molar-refractivity contribution in [3.05, 3.63) is 95.1 Å². The molecule has 0 aromatic heterocycles. The quantitative estimate of drug-likeness (QED) is 0.0502. The van der Waals surface area contributed by atoms with Crippen LogP contribution in [0.25, 0.3) is 23.3 Å². The molecule has 0 bridgehead atoms. The van der Waals surface area contributed by atoms with Crippen LogP contribution in [0.2, 0.25) is 0 Å². The highest BCUT2D eigenvalue weighted by molar-refractivity contribution is 6.15. The van der Waals surface area contributed by atoms with E-state index in [1.54, 1.807) is 0 Å². The Kier molecular flexibility index (Phi) is 16.4. The van der Waals surface area contributed by atoms with Crippen LogP contribution in [0.5, 0.6) is 11.5 Å². The minimum atomic E-state index is 0.568. The Morgan fingerprint density at radius 1 is 0.523 bits per heavy atom. The van der Waals surface area contributed by atoms with Gasteiger partial charge in [-0.15, -0.1) is 0 Å². The number of hydrogen-bond donors (Lipinski definition) is 0. The summed E-state index contributed by atoms with van der Waals surface area (Å²) in [6.45, 7) is 5.61. The fourth-order valence-corrected chi connectivity index (χ4v) is 5.16. The van der Waals surface area contributed by atoms with Gasteiger partial charge in [-0.2, -0.15) is 0 Å². The summed E-state index contributed by atoms with van der Waals surface area (Å²) >= 11 is 0. The molecule has 0 spiro atoms. The number of allylic oxidation sites excluding steroid dienone is 2. The molecule has 0 unspecified atom stereocenters. The van der Waals surface area contributed by atoms with E-state index in [9.17, 15) is 9.59 Å². The summed E-state index contributed by atoms with van der Waals surface area (Å²) in [7, 11) is 0. The number of ether oxygens (including phenoxy) is 2. The Morgan fingerprint density at radius 2 is 0.886 bits per heavy atom. The van der Waals surface area contributed by atoms with E-state index in [0.29, 0.717) is 35.9 Å². The number of rotatable bonds is 22. The molecule has 0 saturated heterocycles. The Labute approximate surface area is 265 Å². The molecule has 0 aliphatic carbocycles. The van der Waals surface area contributed by atoms with Crippen molar-refractivity contribution in [1.29, 1.82) is 0 Å². The van der Waals surface area contributed by atoms with Crippen LogP contribution in [0.4, 0.5) is 0 Å². The predicted molar refractivity (Wildman–Crippen MR) is 185 cm³/mol. The first-order valence-corrected chi connectivity index (χ1v) is 16.6. The number of hydrogen-bond acceptors (Lipinski definition) is 4. The normalized spacial score (nSPS) is 11.8. The third kappa shape index (κ3) is 12.0. The summed E-state index contributed by atoms with van der Waals surface area (Å²) in [5.74, 6) is 1.34. The molecule has 3 aromatic carbocycles. The van der Waals surface area contributed by atoms with Crippen LogP contribution in [0.15, 0.2) is 72.8 Å². The van der Waals surface area contributed by atoms with E-state index in [0.717, 1.165) is 60.5 Å². The van der Waals surface area contributed by atoms with Crippen molar-refractivity contribution in [1.82, 2.24) is 0 Å². The molecule has 4 heteroatoms. The van der Waals surface area contributed by atoms with Gasteiger partial charge in [-0.05, 0) is 48.3 Å². The van der Waals surface area contributed by atoms with Crippen LogP contribution in [-0.2, 0) is 9.59 Å². The van der Waals surface area contributed by atoms with Crippen LogP contribution in [-0.4, -0.2) is 25.8 Å². The van der Waals surface area contributed by atoms with E-state index in [-0.39, 0.29) is 0 Å². The summed E-state index contributed by atoms with van der Waals surface area (Å²) < 4.78 is 12.8. The molecule has 0 heterocycles. The fraction of sp³-hybridized carbons (Fsp3) is 0.400. The smallest absolute Gasteiger partial charge is 0.150 e. The predicted octanol–water partition coefficient (Wildman–Crippen LogP) is 10.6. The average molecular weight is 595 g/mol. The van der Waals surface area contributed by atoms with Gasteiger partial charge in [-0.3, -0.25) is 9.59 Å². The van der Waals surface area contributed by atoms with E-state index in [1.807, 2.05) is 84.9 Å². The SMILES string of the molecule is CCCCCCCCOc1cc(C=C(C=O)c2ccccc2)c(OCCCCCCCC)cc1C=C(C=O)c1ccccc1. The number of carbonyl (C=O) groups is 2. The molecule has 0 saturated carbocycles. The van der Waals surface area contributed by atoms with Crippen LogP contribution in [0.1, 0.15) is 113 Å². The van der Waals surface area contributed by atoms with Crippen molar-refractivity contribution in [2.24, 2.45) is 0 Å². The maximum Gasteiger partial charge on any atom is 0.150 e. The second kappa shape index (κ2) is 20.9. The topological polar surface area (TPSA) is 52.6 Å². The van der Waals surface area contributed by atoms with E-state index < -0.39 is 0 Å². The molecular weight excluding hydrogens is 544 g/mol. The van der Waals surface area contributed by atoms with Crippen molar-refractivity contribution in [2.75, 3.05) is 13.2 Å². The van der Waals surface area contributed by atoms with Gasteiger partial charge in [0.05, 0.1) is 13.2 Å². The molecule has 3 rings (SSSR count). The molecular formula is C40H50O4. The van der Waals surface area contributed by atoms with Crippen LogP contribution >= 0.6 is 0 Å². The molecule has 0 N–H and O–H groups in total. The summed E-state index contributed by atoms with van der Waals surface area (Å²) in [4.78, 5) is 24.5. The van der Waals surface area contributed by atoms with Gasteiger partial charge < -0.3 is 9.47 Å². The maximum atomic E-state index is 12.2. The van der Waals surface area contributed by atoms with Gasteiger partial charge in [0.1, 0.15) is 11.5 Å². The molecule has 44 heavy (non-hydrogen) atoms. The largest absolute Gasteiger partial charge is 0.493 e. The molecule has 0 amide bonds. The molecule has 0 aliphatic heterocycles. The number of carbonyl (C=O) groups excluding carboxylic acids is 2. The van der Waals surface area contributed by atoms with E-state index in [2.05, 4.69) is 13.8 Å². The van der Waals surface area contributed by atoms with E-state index in [1.165, 1.54) is 51.4 Å². The molecule has 234 valence electrons. The minimum Gasteiger partial charge on any atom is -0.493 e. The number of unbranched alkanes of at least 4 members (excludes halogenated alkanes) is 10. The lowest BCUT2D eigenvalue weighted by molar-refractivity contribution is -0.104. The van der Waals surface area contributed by atoms with Crippen molar-refractivity contribution in [2.45, 2.75) is 90.9 Å². The lowest BCUT2D eigenvalue weighted by Gasteiger charge is -2.16. The zero-order chi connectivity index (χ0) is 31.2. The first kappa shape index (κ1) is 34.6. The monoisotopic (exact) mass is 594 g/mol. The van der Waals surface area contributed by atoms with Gasteiger partial charge in [-0.1, -0.05) is 139 Å². The van der Waals surface area contributed by atoms with Gasteiger partial charge >= 0.3 is 0 Å². The van der Waals surface area contributed by atoms with Gasteiger partial charge in [0.2, 0.25) is 0 Å². The minimum absolute atomic E-state index is 0.568. The summed E-state index contributed by atoms with van der Waals surface area (Å²) in [6.07, 6.45) is 19.5. The standard InChI is InChI=1S/C40H50O4/c1-3-5-7-9-11-19-25-43-39-29-36(28-38(32-42)34-23-17-14-18-24-34)40(44-26-20-12-10-8-6-4-2)30-35(39)27-37(31-41)33-21-15-13-16-22-33/h13-18,21-24,27-32H,3-12,19-20,25-26H2,1-2H3. The summed E-state index contributed by atoms with van der Waals surface area (Å²) in [5, 5.41) is 0. The molecule has 0 atom stereocenters. The van der Waals surface area contributed by atoms with E-state index >= 15 is 0 Å². The van der Waals surface area contributed by atoms with Crippen LogP contribution in [0.3, 0.4) is 0 Å². The third-order valence-corrected chi connectivity index (χ3v) is 7.74. The lowest BCUT2D eigenvalue weighted by Crippen LogP contribution is -2.03. The fourth-order valence-electron chi connectivity index (χ4n) is 5.16. The molecule has 0 fully saturated rings. The molecule has 0 radical (unpaired) electrons. The highest BCUT2D eigenvalue weighted by atomic mass is 16.5. The Balaban J connectivity index is 1.98. The van der Waals surface area contributed by atoms with Crippen molar-refractivity contribution >= 4 is 35.9 Å². The third-order valence-electron chi connectivity index (χ3n) is 7.74.